The van der Waals surface area contributed by atoms with Crippen molar-refractivity contribution >= 4 is 28.5 Å². The first kappa shape index (κ1) is 26.3. The van der Waals surface area contributed by atoms with E-state index in [1.165, 1.54) is 28.4 Å². The number of ether oxygens (including phenoxy) is 4. The molecule has 0 aliphatic heterocycles. The second-order valence-corrected chi connectivity index (χ2v) is 8.67. The topological polar surface area (TPSA) is 103 Å². The molecule has 40 heavy (non-hydrogen) atoms. The first-order valence-corrected chi connectivity index (χ1v) is 12.4. The number of hydrogen-bond acceptors (Lipinski definition) is 7. The summed E-state index contributed by atoms with van der Waals surface area (Å²) in [6, 6.07) is 24.6. The van der Waals surface area contributed by atoms with E-state index in [9.17, 15) is 9.59 Å². The third kappa shape index (κ3) is 4.69. The fourth-order valence-corrected chi connectivity index (χ4v) is 4.56. The molecular formula is C31H27N3O6. The second kappa shape index (κ2) is 11.2. The summed E-state index contributed by atoms with van der Waals surface area (Å²) in [5.74, 6) is 0.283. The number of nitrogens with one attached hydrogen (secondary N) is 1. The van der Waals surface area contributed by atoms with Crippen LogP contribution in [0.3, 0.4) is 0 Å². The summed E-state index contributed by atoms with van der Waals surface area (Å²) in [6.45, 7) is 0. The molecule has 5 rings (SSSR count). The maximum Gasteiger partial charge on any atom is 0.272 e. The molecule has 0 atom stereocenters. The number of anilines is 1. The quantitative estimate of drug-likeness (QED) is 0.251. The largest absolute Gasteiger partial charge is 0.496 e. The maximum absolute atomic E-state index is 14.3. The lowest BCUT2D eigenvalue weighted by atomic mass is 10.1. The van der Waals surface area contributed by atoms with E-state index in [0.717, 1.165) is 15.9 Å². The summed E-state index contributed by atoms with van der Waals surface area (Å²) in [4.78, 5) is 37.7. The fourth-order valence-electron chi connectivity index (χ4n) is 4.56. The summed E-state index contributed by atoms with van der Waals surface area (Å²) < 4.78 is 22.0. The number of carbonyl (C=O) groups is 2. The van der Waals surface area contributed by atoms with Gasteiger partial charge in [0.25, 0.3) is 11.8 Å². The second-order valence-electron chi connectivity index (χ2n) is 8.67. The molecule has 1 heterocycles. The molecule has 0 radical (unpaired) electrons. The number of aromatic nitrogens is 2. The van der Waals surface area contributed by atoms with E-state index in [2.05, 4.69) is 9.97 Å². The standard InChI is InChI=1S/C31H27N3O6/c1-37-23-14-8-15-24(38-2)27(23)30(35)34(31(36)28-25(39-3)16-9-17-26(28)40-4)20-11-7-10-19(18-20)29-32-21-12-5-6-13-22(21)33-29/h5-18H,1-4H3,(H,32,33). The van der Waals surface area contributed by atoms with Crippen LogP contribution in [0.2, 0.25) is 0 Å². The number of methoxy groups -OCH3 is 4. The monoisotopic (exact) mass is 537 g/mol. The Balaban J connectivity index is 1.71. The lowest BCUT2D eigenvalue weighted by Crippen LogP contribution is -2.38. The zero-order chi connectivity index (χ0) is 28.2. The molecule has 0 bridgehead atoms. The number of amides is 2. The predicted octanol–water partition coefficient (Wildman–Crippen LogP) is 5.75. The van der Waals surface area contributed by atoms with E-state index in [1.807, 2.05) is 30.3 Å². The van der Waals surface area contributed by atoms with Crippen LogP contribution in [0.15, 0.2) is 84.9 Å². The van der Waals surface area contributed by atoms with Crippen molar-refractivity contribution in [3.63, 3.8) is 0 Å². The highest BCUT2D eigenvalue weighted by molar-refractivity contribution is 6.28. The van der Waals surface area contributed by atoms with Crippen LogP contribution in [-0.2, 0) is 0 Å². The van der Waals surface area contributed by atoms with Gasteiger partial charge in [-0.3, -0.25) is 9.59 Å². The SMILES string of the molecule is COc1cccc(OC)c1C(=O)N(C(=O)c1c(OC)cccc1OC)c1cccc(-c2nc3ccccc3[nH]2)c1. The molecular weight excluding hydrogens is 510 g/mol. The number of rotatable bonds is 8. The predicted molar refractivity (Wildman–Crippen MR) is 152 cm³/mol. The molecule has 0 fully saturated rings. The molecule has 1 aromatic heterocycles. The number of carbonyl (C=O) groups excluding carboxylic acids is 2. The molecule has 1 N–H and O–H groups in total. The van der Waals surface area contributed by atoms with Crippen LogP contribution in [0.4, 0.5) is 5.69 Å². The number of hydrogen-bond donors (Lipinski definition) is 1. The fraction of sp³-hybridized carbons (Fsp3) is 0.129. The van der Waals surface area contributed by atoms with Crippen molar-refractivity contribution in [3.05, 3.63) is 96.1 Å². The molecule has 0 saturated carbocycles. The van der Waals surface area contributed by atoms with Gasteiger partial charge in [-0.05, 0) is 48.5 Å². The van der Waals surface area contributed by atoms with Crippen LogP contribution in [0.5, 0.6) is 23.0 Å². The molecule has 202 valence electrons. The highest BCUT2D eigenvalue weighted by Gasteiger charge is 2.34. The van der Waals surface area contributed by atoms with Gasteiger partial charge in [0.15, 0.2) is 0 Å². The average Bonchev–Trinajstić information content (AvgIpc) is 3.44. The Labute approximate surface area is 230 Å². The first-order chi connectivity index (χ1) is 19.5. The number of para-hydroxylation sites is 2. The van der Waals surface area contributed by atoms with Crippen molar-refractivity contribution in [1.29, 1.82) is 0 Å². The van der Waals surface area contributed by atoms with Crippen molar-refractivity contribution in [2.75, 3.05) is 33.3 Å². The zero-order valence-corrected chi connectivity index (χ0v) is 22.4. The highest BCUT2D eigenvalue weighted by atomic mass is 16.5. The van der Waals surface area contributed by atoms with Gasteiger partial charge in [0.2, 0.25) is 0 Å². The zero-order valence-electron chi connectivity index (χ0n) is 22.4. The highest BCUT2D eigenvalue weighted by Crippen LogP contribution is 2.36. The Kier molecular flexibility index (Phi) is 7.37. The van der Waals surface area contributed by atoms with Crippen LogP contribution >= 0.6 is 0 Å². The van der Waals surface area contributed by atoms with Crippen LogP contribution in [0, 0.1) is 0 Å². The van der Waals surface area contributed by atoms with Gasteiger partial charge in [0.05, 0.1) is 45.2 Å². The molecule has 2 amide bonds. The number of imidazole rings is 1. The van der Waals surface area contributed by atoms with E-state index in [1.54, 1.807) is 54.6 Å². The number of nitrogens with zero attached hydrogens (tertiary/aromatic N) is 2. The van der Waals surface area contributed by atoms with E-state index in [0.29, 0.717) is 17.1 Å². The summed E-state index contributed by atoms with van der Waals surface area (Å²) in [5, 5.41) is 0. The number of benzene rings is 4. The number of H-pyrrole nitrogens is 1. The summed E-state index contributed by atoms with van der Waals surface area (Å²) in [7, 11) is 5.79. The Bertz CT molecular complexity index is 1570. The van der Waals surface area contributed by atoms with Gasteiger partial charge in [-0.15, -0.1) is 0 Å². The van der Waals surface area contributed by atoms with Crippen molar-refractivity contribution in [3.8, 4) is 34.4 Å². The molecule has 9 heteroatoms. The van der Waals surface area contributed by atoms with E-state index >= 15 is 0 Å². The van der Waals surface area contributed by atoms with Gasteiger partial charge < -0.3 is 23.9 Å². The maximum atomic E-state index is 14.3. The van der Waals surface area contributed by atoms with E-state index in [4.69, 9.17) is 18.9 Å². The molecule has 9 nitrogen and oxygen atoms in total. The Morgan fingerprint density at radius 2 is 1.15 bits per heavy atom. The van der Waals surface area contributed by atoms with Crippen LogP contribution in [0.1, 0.15) is 20.7 Å². The van der Waals surface area contributed by atoms with E-state index < -0.39 is 11.8 Å². The van der Waals surface area contributed by atoms with E-state index in [-0.39, 0.29) is 34.1 Å². The number of imide groups is 1. The lowest BCUT2D eigenvalue weighted by molar-refractivity contribution is 0.0891. The van der Waals surface area contributed by atoms with Gasteiger partial charge in [-0.25, -0.2) is 9.88 Å². The Morgan fingerprint density at radius 3 is 1.65 bits per heavy atom. The van der Waals surface area contributed by atoms with Gasteiger partial charge >= 0.3 is 0 Å². The number of fused-ring (bicyclic) bond motifs is 1. The molecule has 0 aliphatic rings. The van der Waals surface area contributed by atoms with Gasteiger partial charge in [0.1, 0.15) is 39.9 Å². The third-order valence-corrected chi connectivity index (χ3v) is 6.46. The van der Waals surface area contributed by atoms with Crippen molar-refractivity contribution < 1.29 is 28.5 Å². The minimum absolute atomic E-state index is 0.0869. The van der Waals surface area contributed by atoms with Crippen molar-refractivity contribution in [2.45, 2.75) is 0 Å². The summed E-state index contributed by atoms with van der Waals surface area (Å²) in [5.41, 5.74) is 2.81. The van der Waals surface area contributed by atoms with Crippen LogP contribution in [-0.4, -0.2) is 50.2 Å². The summed E-state index contributed by atoms with van der Waals surface area (Å²) >= 11 is 0. The third-order valence-electron chi connectivity index (χ3n) is 6.46. The van der Waals surface area contributed by atoms with Crippen molar-refractivity contribution in [2.24, 2.45) is 0 Å². The molecule has 4 aromatic carbocycles. The molecule has 0 aliphatic carbocycles. The molecule has 5 aromatic rings. The first-order valence-electron chi connectivity index (χ1n) is 12.4. The van der Waals surface area contributed by atoms with Gasteiger partial charge in [-0.1, -0.05) is 36.4 Å². The molecule has 0 spiro atoms. The van der Waals surface area contributed by atoms with Gasteiger partial charge in [0, 0.05) is 5.56 Å². The normalized spacial score (nSPS) is 10.7. The molecule has 0 saturated heterocycles. The average molecular weight is 538 g/mol. The summed E-state index contributed by atoms with van der Waals surface area (Å²) in [6.07, 6.45) is 0. The van der Waals surface area contributed by atoms with Gasteiger partial charge in [-0.2, -0.15) is 0 Å². The van der Waals surface area contributed by atoms with Crippen LogP contribution < -0.4 is 23.8 Å². The lowest BCUT2D eigenvalue weighted by Gasteiger charge is -2.25. The number of aromatic amines is 1. The van der Waals surface area contributed by atoms with Crippen LogP contribution in [0.25, 0.3) is 22.4 Å². The minimum atomic E-state index is -0.658. The van der Waals surface area contributed by atoms with Crippen molar-refractivity contribution in [1.82, 2.24) is 9.97 Å². The Morgan fingerprint density at radius 1 is 0.650 bits per heavy atom. The smallest absolute Gasteiger partial charge is 0.272 e. The Hall–Kier alpha value is -5.31. The minimum Gasteiger partial charge on any atom is -0.496 e. The molecule has 0 unspecified atom stereocenters.